The van der Waals surface area contributed by atoms with Gasteiger partial charge in [0.05, 0.1) is 4.88 Å². The summed E-state index contributed by atoms with van der Waals surface area (Å²) in [5.74, 6) is -0.930. The minimum Gasteiger partial charge on any atom is -0.477 e. The van der Waals surface area contributed by atoms with Crippen LogP contribution in [0.2, 0.25) is 0 Å². The molecule has 0 spiro atoms. The number of carbonyl (C=O) groups is 2. The van der Waals surface area contributed by atoms with Crippen molar-refractivity contribution >= 4 is 34.9 Å². The van der Waals surface area contributed by atoms with Crippen LogP contribution < -0.4 is 0 Å². The number of hydrogen-bond donors (Lipinski definition) is 1. The maximum Gasteiger partial charge on any atom is 0.346 e. The molecule has 1 N–H and O–H groups in total. The topological polar surface area (TPSA) is 54.4 Å². The van der Waals surface area contributed by atoms with Crippen molar-refractivity contribution in [2.24, 2.45) is 0 Å². The van der Waals surface area contributed by atoms with Crippen LogP contribution in [-0.4, -0.2) is 17.4 Å². The van der Waals surface area contributed by atoms with Crippen molar-refractivity contribution in [2.45, 2.75) is 0 Å². The molecule has 76 valence electrons. The number of hydrogen-bond acceptors (Lipinski definition) is 4. The highest BCUT2D eigenvalue weighted by molar-refractivity contribution is 7.18. The van der Waals surface area contributed by atoms with Gasteiger partial charge < -0.3 is 5.11 Å². The average molecular weight is 238 g/mol. The SMILES string of the molecule is O=Cc1ccc(-c2ccsc2C(=O)O)s1. The normalized spacial score (nSPS) is 10.1. The summed E-state index contributed by atoms with van der Waals surface area (Å²) in [5.41, 5.74) is 0.686. The van der Waals surface area contributed by atoms with Crippen molar-refractivity contribution in [3.05, 3.63) is 33.3 Å². The molecule has 0 aliphatic rings. The predicted octanol–water partition coefficient (Wildman–Crippen LogP) is 2.99. The molecule has 2 heterocycles. The Labute approximate surface area is 93.6 Å². The molecular formula is C10H6O3S2. The van der Waals surface area contributed by atoms with E-state index < -0.39 is 5.97 Å². The maximum atomic E-state index is 10.9. The number of carbonyl (C=O) groups excluding carboxylic acids is 1. The third-order valence-corrected chi connectivity index (χ3v) is 3.81. The van der Waals surface area contributed by atoms with Crippen molar-refractivity contribution < 1.29 is 14.7 Å². The predicted molar refractivity (Wildman–Crippen MR) is 60.0 cm³/mol. The largest absolute Gasteiger partial charge is 0.477 e. The van der Waals surface area contributed by atoms with Crippen LogP contribution >= 0.6 is 22.7 Å². The molecule has 0 amide bonds. The standard InChI is InChI=1S/C10H6O3S2/c11-5-6-1-2-8(15-6)7-3-4-14-9(7)10(12)13/h1-5H,(H,12,13). The van der Waals surface area contributed by atoms with Gasteiger partial charge in [0.1, 0.15) is 4.88 Å². The van der Waals surface area contributed by atoms with E-state index in [-0.39, 0.29) is 0 Å². The zero-order valence-corrected chi connectivity index (χ0v) is 9.10. The number of aromatic carboxylic acids is 1. The molecule has 0 aliphatic heterocycles. The van der Waals surface area contributed by atoms with Gasteiger partial charge in [-0.1, -0.05) is 0 Å². The zero-order chi connectivity index (χ0) is 10.8. The monoisotopic (exact) mass is 238 g/mol. The summed E-state index contributed by atoms with van der Waals surface area (Å²) in [6.45, 7) is 0. The van der Waals surface area contributed by atoms with Gasteiger partial charge in [0.2, 0.25) is 0 Å². The fourth-order valence-corrected chi connectivity index (χ4v) is 2.89. The van der Waals surface area contributed by atoms with Crippen LogP contribution in [0.3, 0.4) is 0 Å². The Kier molecular flexibility index (Phi) is 2.66. The molecule has 0 unspecified atom stereocenters. The van der Waals surface area contributed by atoms with E-state index in [1.54, 1.807) is 23.6 Å². The molecule has 5 heteroatoms. The lowest BCUT2D eigenvalue weighted by molar-refractivity contribution is 0.0703. The minimum atomic E-state index is -0.930. The molecule has 0 aliphatic carbocycles. The van der Waals surface area contributed by atoms with Crippen LogP contribution in [0.25, 0.3) is 10.4 Å². The van der Waals surface area contributed by atoms with Crippen LogP contribution in [0.15, 0.2) is 23.6 Å². The molecular weight excluding hydrogens is 232 g/mol. The number of rotatable bonds is 3. The number of carboxylic acids is 1. The van der Waals surface area contributed by atoms with Gasteiger partial charge in [0, 0.05) is 10.4 Å². The van der Waals surface area contributed by atoms with Gasteiger partial charge in [-0.25, -0.2) is 4.79 Å². The maximum absolute atomic E-state index is 10.9. The lowest BCUT2D eigenvalue weighted by Gasteiger charge is -1.94. The van der Waals surface area contributed by atoms with Crippen LogP contribution in [-0.2, 0) is 0 Å². The van der Waals surface area contributed by atoms with Crippen LogP contribution in [0, 0.1) is 0 Å². The molecule has 2 aromatic rings. The number of thiophene rings is 2. The summed E-state index contributed by atoms with van der Waals surface area (Å²) in [7, 11) is 0. The quantitative estimate of drug-likeness (QED) is 0.836. The van der Waals surface area contributed by atoms with Crippen LogP contribution in [0.1, 0.15) is 19.3 Å². The average Bonchev–Trinajstić information content (AvgIpc) is 2.85. The van der Waals surface area contributed by atoms with Gasteiger partial charge in [-0.15, -0.1) is 22.7 Å². The molecule has 0 fully saturated rings. The highest BCUT2D eigenvalue weighted by Crippen LogP contribution is 2.33. The highest BCUT2D eigenvalue weighted by Gasteiger charge is 2.14. The number of aldehydes is 1. The van der Waals surface area contributed by atoms with E-state index in [4.69, 9.17) is 5.11 Å². The Bertz CT molecular complexity index is 510. The van der Waals surface area contributed by atoms with E-state index in [0.29, 0.717) is 15.3 Å². The van der Waals surface area contributed by atoms with E-state index in [9.17, 15) is 9.59 Å². The lowest BCUT2D eigenvalue weighted by Crippen LogP contribution is -1.93. The summed E-state index contributed by atoms with van der Waals surface area (Å²) in [6, 6.07) is 5.22. The van der Waals surface area contributed by atoms with Gasteiger partial charge in [0.25, 0.3) is 0 Å². The second-order valence-electron chi connectivity index (χ2n) is 2.79. The van der Waals surface area contributed by atoms with Gasteiger partial charge >= 0.3 is 5.97 Å². The number of carboxylic acid groups (broad SMARTS) is 1. The first-order valence-corrected chi connectivity index (χ1v) is 5.78. The Morgan fingerprint density at radius 1 is 1.33 bits per heavy atom. The summed E-state index contributed by atoms with van der Waals surface area (Å²) in [6.07, 6.45) is 0.765. The van der Waals surface area contributed by atoms with E-state index >= 15 is 0 Å². The second-order valence-corrected chi connectivity index (χ2v) is 4.82. The van der Waals surface area contributed by atoms with Crippen molar-refractivity contribution in [3.63, 3.8) is 0 Å². The smallest absolute Gasteiger partial charge is 0.346 e. The Morgan fingerprint density at radius 2 is 2.13 bits per heavy atom. The van der Waals surface area contributed by atoms with Gasteiger partial charge in [0.15, 0.2) is 6.29 Å². The van der Waals surface area contributed by atoms with Gasteiger partial charge in [-0.05, 0) is 23.6 Å². The van der Waals surface area contributed by atoms with E-state index in [0.717, 1.165) is 11.2 Å². The Morgan fingerprint density at radius 3 is 2.73 bits per heavy atom. The van der Waals surface area contributed by atoms with Crippen LogP contribution in [0.4, 0.5) is 0 Å². The molecule has 0 atom stereocenters. The molecule has 2 aromatic heterocycles. The Balaban J connectivity index is 2.48. The second kappa shape index (κ2) is 3.96. The van der Waals surface area contributed by atoms with Crippen molar-refractivity contribution in [3.8, 4) is 10.4 Å². The fraction of sp³-hybridized carbons (Fsp3) is 0. The third kappa shape index (κ3) is 1.84. The summed E-state index contributed by atoms with van der Waals surface area (Å²) in [4.78, 5) is 23.1. The summed E-state index contributed by atoms with van der Waals surface area (Å²) < 4.78 is 0. The van der Waals surface area contributed by atoms with Crippen LogP contribution in [0.5, 0.6) is 0 Å². The van der Waals surface area contributed by atoms with E-state index in [1.807, 2.05) is 0 Å². The first-order valence-electron chi connectivity index (χ1n) is 4.08. The Hall–Kier alpha value is -1.46. The molecule has 15 heavy (non-hydrogen) atoms. The molecule has 0 bridgehead atoms. The highest BCUT2D eigenvalue weighted by atomic mass is 32.1. The zero-order valence-electron chi connectivity index (χ0n) is 7.47. The molecule has 0 radical (unpaired) electrons. The summed E-state index contributed by atoms with van der Waals surface area (Å²) >= 11 is 2.49. The molecule has 0 saturated carbocycles. The molecule has 2 rings (SSSR count). The van der Waals surface area contributed by atoms with Gasteiger partial charge in [-0.2, -0.15) is 0 Å². The van der Waals surface area contributed by atoms with E-state index in [2.05, 4.69) is 0 Å². The molecule has 0 aromatic carbocycles. The molecule has 3 nitrogen and oxygen atoms in total. The summed E-state index contributed by atoms with van der Waals surface area (Å²) in [5, 5.41) is 10.7. The van der Waals surface area contributed by atoms with Crippen molar-refractivity contribution in [1.29, 1.82) is 0 Å². The fourth-order valence-electron chi connectivity index (χ4n) is 1.23. The van der Waals surface area contributed by atoms with Crippen molar-refractivity contribution in [1.82, 2.24) is 0 Å². The third-order valence-electron chi connectivity index (χ3n) is 1.87. The van der Waals surface area contributed by atoms with Gasteiger partial charge in [-0.3, -0.25) is 4.79 Å². The first-order chi connectivity index (χ1) is 7.22. The van der Waals surface area contributed by atoms with Crippen molar-refractivity contribution in [2.75, 3.05) is 0 Å². The van der Waals surface area contributed by atoms with E-state index in [1.165, 1.54) is 22.7 Å². The molecule has 0 saturated heterocycles. The lowest BCUT2D eigenvalue weighted by atomic mass is 10.2. The minimum absolute atomic E-state index is 0.314. The first kappa shape index (κ1) is 10.1.